The van der Waals surface area contributed by atoms with E-state index < -0.39 is 6.04 Å². The summed E-state index contributed by atoms with van der Waals surface area (Å²) in [5, 5.41) is 5.50. The second-order valence-corrected chi connectivity index (χ2v) is 4.58. The van der Waals surface area contributed by atoms with Gasteiger partial charge in [-0.15, -0.1) is 5.10 Å². The Hall–Kier alpha value is -2.17. The fourth-order valence-corrected chi connectivity index (χ4v) is 2.11. The van der Waals surface area contributed by atoms with E-state index in [9.17, 15) is 4.79 Å². The van der Waals surface area contributed by atoms with Gasteiger partial charge in [0.25, 0.3) is 5.91 Å². The molecule has 0 aliphatic carbocycles. The van der Waals surface area contributed by atoms with E-state index in [0.717, 1.165) is 5.56 Å². The van der Waals surface area contributed by atoms with E-state index in [1.807, 2.05) is 37.3 Å². The number of hydrogen-bond donors (Lipinski definition) is 0. The van der Waals surface area contributed by atoms with Crippen molar-refractivity contribution in [3.05, 3.63) is 35.9 Å². The van der Waals surface area contributed by atoms with Crippen LogP contribution < -0.4 is 0 Å². The van der Waals surface area contributed by atoms with E-state index in [4.69, 9.17) is 4.74 Å². The van der Waals surface area contributed by atoms with Crippen molar-refractivity contribution in [3.63, 3.8) is 0 Å². The first-order valence-electron chi connectivity index (χ1n) is 6.72. The topological polar surface area (TPSA) is 54.3 Å². The molecule has 5 nitrogen and oxygen atoms in total. The zero-order valence-electron chi connectivity index (χ0n) is 12.0. The van der Waals surface area contributed by atoms with Gasteiger partial charge in [0.1, 0.15) is 11.9 Å². The van der Waals surface area contributed by atoms with Crippen molar-refractivity contribution >= 4 is 17.6 Å². The summed E-state index contributed by atoms with van der Waals surface area (Å²) in [6, 6.07) is 9.47. The monoisotopic (exact) mass is 273 g/mol. The summed E-state index contributed by atoms with van der Waals surface area (Å²) in [6.45, 7) is 5.92. The molecule has 0 bridgehead atoms. The van der Waals surface area contributed by atoms with E-state index in [2.05, 4.69) is 10.1 Å². The van der Waals surface area contributed by atoms with Crippen LogP contribution in [0.1, 0.15) is 26.3 Å². The Bertz CT molecular complexity index is 537. The average molecular weight is 273 g/mol. The molecule has 0 aromatic heterocycles. The van der Waals surface area contributed by atoms with Crippen molar-refractivity contribution in [1.29, 1.82) is 0 Å². The largest absolute Gasteiger partial charge is 0.480 e. The maximum absolute atomic E-state index is 12.3. The number of ether oxygens (including phenoxy) is 1. The van der Waals surface area contributed by atoms with Gasteiger partial charge < -0.3 is 4.74 Å². The van der Waals surface area contributed by atoms with E-state index in [-0.39, 0.29) is 5.91 Å². The van der Waals surface area contributed by atoms with Gasteiger partial charge in [-0.2, -0.15) is 5.01 Å². The first-order valence-corrected chi connectivity index (χ1v) is 6.72. The second kappa shape index (κ2) is 6.32. The van der Waals surface area contributed by atoms with Crippen molar-refractivity contribution in [2.75, 3.05) is 6.61 Å². The van der Waals surface area contributed by atoms with Crippen LogP contribution in [0.15, 0.2) is 40.4 Å². The number of hydrazone groups is 1. The molecule has 106 valence electrons. The quantitative estimate of drug-likeness (QED) is 0.624. The Labute approximate surface area is 119 Å². The molecule has 0 N–H and O–H groups in total. The molecule has 0 saturated heterocycles. The molecule has 1 amide bonds. The maximum Gasteiger partial charge on any atom is 0.273 e. The van der Waals surface area contributed by atoms with Crippen LogP contribution in [0.3, 0.4) is 0 Å². The minimum atomic E-state index is -0.393. The zero-order valence-corrected chi connectivity index (χ0v) is 12.0. The molecule has 1 aromatic carbocycles. The highest BCUT2D eigenvalue weighted by Gasteiger charge is 2.32. The molecule has 1 aromatic rings. The predicted octanol–water partition coefficient (Wildman–Crippen LogP) is 2.23. The highest BCUT2D eigenvalue weighted by Crippen LogP contribution is 2.16. The van der Waals surface area contributed by atoms with Crippen LogP contribution in [0.5, 0.6) is 0 Å². The van der Waals surface area contributed by atoms with Gasteiger partial charge in [0.05, 0.1) is 6.61 Å². The fourth-order valence-electron chi connectivity index (χ4n) is 2.11. The van der Waals surface area contributed by atoms with Crippen LogP contribution in [-0.4, -0.2) is 35.3 Å². The number of amides is 1. The molecule has 1 atom stereocenters. The Kier molecular flexibility index (Phi) is 4.50. The third kappa shape index (κ3) is 3.23. The van der Waals surface area contributed by atoms with Gasteiger partial charge in [0.15, 0.2) is 0 Å². The van der Waals surface area contributed by atoms with Crippen LogP contribution in [0.25, 0.3) is 0 Å². The Morgan fingerprint density at radius 1 is 1.40 bits per heavy atom. The molecule has 1 aliphatic rings. The number of amidine groups is 1. The van der Waals surface area contributed by atoms with E-state index in [1.54, 1.807) is 13.8 Å². The lowest BCUT2D eigenvalue weighted by atomic mass is 10.1. The van der Waals surface area contributed by atoms with Crippen molar-refractivity contribution in [2.45, 2.75) is 33.2 Å². The first-order chi connectivity index (χ1) is 9.61. The number of hydrogen-bond acceptors (Lipinski definition) is 4. The number of aliphatic imine (C=N–C) groups is 1. The Morgan fingerprint density at radius 2 is 2.10 bits per heavy atom. The molecule has 1 unspecified atom stereocenters. The van der Waals surface area contributed by atoms with Crippen LogP contribution >= 0.6 is 0 Å². The number of rotatable bonds is 4. The third-order valence-electron chi connectivity index (χ3n) is 3.01. The first kappa shape index (κ1) is 14.2. The molecule has 5 heteroatoms. The number of carbonyl (C=O) groups excluding carboxylic acids is 1. The van der Waals surface area contributed by atoms with Crippen molar-refractivity contribution in [2.24, 2.45) is 10.1 Å². The standard InChI is InChI=1S/C15H19N3O2/c1-4-20-12(3)17-18-11(2)16-14(15(18)19)10-13-8-6-5-7-9-13/h5-9,14H,4,10H2,1-3H3/b17-12+. The Balaban J connectivity index is 2.09. The molecule has 0 spiro atoms. The normalized spacial score (nSPS) is 19.2. The van der Waals surface area contributed by atoms with Gasteiger partial charge >= 0.3 is 0 Å². The summed E-state index contributed by atoms with van der Waals surface area (Å²) in [7, 11) is 0. The fraction of sp³-hybridized carbons (Fsp3) is 0.400. The third-order valence-corrected chi connectivity index (χ3v) is 3.01. The highest BCUT2D eigenvalue weighted by molar-refractivity contribution is 6.05. The summed E-state index contributed by atoms with van der Waals surface area (Å²) in [4.78, 5) is 16.7. The molecular formula is C15H19N3O2. The summed E-state index contributed by atoms with van der Waals surface area (Å²) in [5.74, 6) is 0.969. The lowest BCUT2D eigenvalue weighted by Gasteiger charge is -2.12. The molecule has 0 saturated carbocycles. The van der Waals surface area contributed by atoms with Gasteiger partial charge in [-0.3, -0.25) is 9.79 Å². The minimum absolute atomic E-state index is 0.106. The lowest BCUT2D eigenvalue weighted by Crippen LogP contribution is -2.31. The van der Waals surface area contributed by atoms with Gasteiger partial charge in [-0.1, -0.05) is 30.3 Å². The number of benzene rings is 1. The smallest absolute Gasteiger partial charge is 0.273 e. The van der Waals surface area contributed by atoms with E-state index >= 15 is 0 Å². The molecular weight excluding hydrogens is 254 g/mol. The van der Waals surface area contributed by atoms with Crippen LogP contribution in [0.4, 0.5) is 0 Å². The summed E-state index contributed by atoms with van der Waals surface area (Å²) < 4.78 is 5.26. The summed E-state index contributed by atoms with van der Waals surface area (Å²) in [6.07, 6.45) is 0.594. The van der Waals surface area contributed by atoms with Gasteiger partial charge in [0, 0.05) is 13.3 Å². The molecule has 0 radical (unpaired) electrons. The van der Waals surface area contributed by atoms with Crippen molar-refractivity contribution in [3.8, 4) is 0 Å². The molecule has 1 heterocycles. The number of nitrogens with zero attached hydrogens (tertiary/aromatic N) is 3. The molecule has 20 heavy (non-hydrogen) atoms. The SMILES string of the molecule is CCO/C(C)=N/N1C(=O)C(Cc2ccccc2)N=C1C. The predicted molar refractivity (Wildman–Crippen MR) is 78.6 cm³/mol. The highest BCUT2D eigenvalue weighted by atomic mass is 16.5. The molecule has 1 aliphatic heterocycles. The maximum atomic E-state index is 12.3. The van der Waals surface area contributed by atoms with Gasteiger partial charge in [-0.05, 0) is 19.4 Å². The average Bonchev–Trinajstić information content (AvgIpc) is 2.68. The van der Waals surface area contributed by atoms with Crippen LogP contribution in [0, 0.1) is 0 Å². The molecule has 2 rings (SSSR count). The second-order valence-electron chi connectivity index (χ2n) is 4.58. The summed E-state index contributed by atoms with van der Waals surface area (Å²) >= 11 is 0. The van der Waals surface area contributed by atoms with Crippen LogP contribution in [0.2, 0.25) is 0 Å². The summed E-state index contributed by atoms with van der Waals surface area (Å²) in [5.41, 5.74) is 1.09. The molecule has 0 fully saturated rings. The van der Waals surface area contributed by atoms with Gasteiger partial charge in [-0.25, -0.2) is 0 Å². The van der Waals surface area contributed by atoms with Crippen molar-refractivity contribution < 1.29 is 9.53 Å². The lowest BCUT2D eigenvalue weighted by molar-refractivity contribution is -0.127. The number of carbonyl (C=O) groups is 1. The van der Waals surface area contributed by atoms with E-state index in [1.165, 1.54) is 5.01 Å². The van der Waals surface area contributed by atoms with Gasteiger partial charge in [0.2, 0.25) is 5.90 Å². The Morgan fingerprint density at radius 3 is 2.75 bits per heavy atom. The van der Waals surface area contributed by atoms with Crippen LogP contribution in [-0.2, 0) is 16.0 Å². The zero-order chi connectivity index (χ0) is 14.5. The minimum Gasteiger partial charge on any atom is -0.480 e. The van der Waals surface area contributed by atoms with E-state index in [0.29, 0.717) is 24.8 Å². The van der Waals surface area contributed by atoms with Crippen molar-refractivity contribution in [1.82, 2.24) is 5.01 Å².